The zero-order valence-electron chi connectivity index (χ0n) is 20.5. The number of hydrogen-bond acceptors (Lipinski definition) is 6. The van der Waals surface area contributed by atoms with Crippen molar-refractivity contribution in [2.45, 2.75) is 83.7 Å². The number of fused-ring (bicyclic) bond motifs is 1. The van der Waals surface area contributed by atoms with Gasteiger partial charge in [-0.15, -0.1) is 0 Å². The van der Waals surface area contributed by atoms with E-state index >= 15 is 0 Å². The van der Waals surface area contributed by atoms with E-state index in [2.05, 4.69) is 43.6 Å². The van der Waals surface area contributed by atoms with Gasteiger partial charge in [-0.05, 0) is 64.7 Å². The van der Waals surface area contributed by atoms with E-state index in [4.69, 9.17) is 9.16 Å². The minimum Gasteiger partial charge on any atom is -0.465 e. The smallest absolute Gasteiger partial charge is 0.316 e. The Kier molecular flexibility index (Phi) is 6.28. The van der Waals surface area contributed by atoms with Crippen LogP contribution >= 0.6 is 0 Å². The third kappa shape index (κ3) is 3.64. The van der Waals surface area contributed by atoms with Gasteiger partial charge in [0.2, 0.25) is 0 Å². The second-order valence-electron chi connectivity index (χ2n) is 11.6. The lowest BCUT2D eigenvalue weighted by atomic mass is 9.46. The second-order valence-corrected chi connectivity index (χ2v) is 16.1. The molecule has 3 fully saturated rings. The number of Topliss-reactive ketones (excluding diaryl/α,β-unsaturated/α-hetero) is 1. The molecule has 7 heteroatoms. The largest absolute Gasteiger partial charge is 0.465 e. The van der Waals surface area contributed by atoms with Crippen LogP contribution in [0.3, 0.4) is 0 Å². The molecule has 4 aliphatic rings. The standard InChI is InChI=1S/C25H41NO5Si/c1-6-26-16-23-12-9-13-24(17-26,22(28)30-7-2)25(23,29)15-19(27)21-18(14-23)10-8-11-20(21)31-32(3,4)5/h8,11,18,20-21,29H,6-7,9-10,12-17H2,1-5H3/t18?,20?,21?,23-,24-,25+/m0/s1. The number of ketones is 1. The van der Waals surface area contributed by atoms with Crippen LogP contribution in [0.4, 0.5) is 0 Å². The van der Waals surface area contributed by atoms with E-state index in [0.29, 0.717) is 13.0 Å². The van der Waals surface area contributed by atoms with Crippen LogP contribution in [0.5, 0.6) is 0 Å². The molecule has 0 radical (unpaired) electrons. The van der Waals surface area contributed by atoms with Gasteiger partial charge in [0.1, 0.15) is 11.2 Å². The SMILES string of the molecule is CCOC(=O)[C@@]12CCC[C@]3(CC4CC=CC(O[Si](C)(C)C)C4C(=O)C[C@@]31O)CN(CC)C2. The molecule has 0 spiro atoms. The molecular weight excluding hydrogens is 422 g/mol. The molecule has 1 saturated heterocycles. The molecule has 1 heterocycles. The summed E-state index contributed by atoms with van der Waals surface area (Å²) in [6.45, 7) is 12.7. The molecular formula is C25H41NO5Si. The highest BCUT2D eigenvalue weighted by atomic mass is 28.4. The number of carbonyl (C=O) groups excluding carboxylic acids is 2. The van der Waals surface area contributed by atoms with Crippen molar-refractivity contribution in [2.24, 2.45) is 22.7 Å². The molecule has 1 aliphatic heterocycles. The molecule has 6 atom stereocenters. The Balaban J connectivity index is 1.80. The summed E-state index contributed by atoms with van der Waals surface area (Å²) in [6, 6.07) is 0. The van der Waals surface area contributed by atoms with Crippen LogP contribution in [0, 0.1) is 22.7 Å². The van der Waals surface area contributed by atoms with Crippen LogP contribution in [0.15, 0.2) is 12.2 Å². The van der Waals surface area contributed by atoms with Gasteiger partial charge < -0.3 is 19.2 Å². The Hall–Kier alpha value is -1.02. The molecule has 180 valence electrons. The lowest BCUT2D eigenvalue weighted by molar-refractivity contribution is -0.252. The van der Waals surface area contributed by atoms with Crippen molar-refractivity contribution in [1.29, 1.82) is 0 Å². The van der Waals surface area contributed by atoms with Gasteiger partial charge in [0.05, 0.1) is 18.3 Å². The van der Waals surface area contributed by atoms with Crippen molar-refractivity contribution in [3.63, 3.8) is 0 Å². The quantitative estimate of drug-likeness (QED) is 0.382. The van der Waals surface area contributed by atoms with Gasteiger partial charge >= 0.3 is 5.97 Å². The Morgan fingerprint density at radius 1 is 1.25 bits per heavy atom. The molecule has 2 bridgehead atoms. The van der Waals surface area contributed by atoms with Gasteiger partial charge in [-0.3, -0.25) is 9.59 Å². The average molecular weight is 464 g/mol. The molecule has 0 aromatic carbocycles. The predicted octanol–water partition coefficient (Wildman–Crippen LogP) is 3.55. The van der Waals surface area contributed by atoms with Crippen molar-refractivity contribution in [1.82, 2.24) is 4.90 Å². The van der Waals surface area contributed by atoms with Crippen LogP contribution in [-0.2, 0) is 18.8 Å². The van der Waals surface area contributed by atoms with Crippen LogP contribution < -0.4 is 0 Å². The minimum absolute atomic E-state index is 0.0317. The average Bonchev–Trinajstić information content (AvgIpc) is 2.78. The number of likely N-dealkylation sites (tertiary alicyclic amines) is 1. The number of piperidine rings is 1. The number of hydrogen-bond donors (Lipinski definition) is 1. The van der Waals surface area contributed by atoms with Gasteiger partial charge in [-0.25, -0.2) is 0 Å². The summed E-state index contributed by atoms with van der Waals surface area (Å²) in [4.78, 5) is 29.7. The maximum absolute atomic E-state index is 13.9. The predicted molar refractivity (Wildman–Crippen MR) is 126 cm³/mol. The molecule has 3 unspecified atom stereocenters. The van der Waals surface area contributed by atoms with E-state index in [0.717, 1.165) is 38.8 Å². The van der Waals surface area contributed by atoms with Gasteiger partial charge in [0, 0.05) is 30.8 Å². The first-order chi connectivity index (χ1) is 15.0. The number of carbonyl (C=O) groups is 2. The minimum atomic E-state index is -1.86. The van der Waals surface area contributed by atoms with Crippen LogP contribution in [0.1, 0.15) is 52.4 Å². The van der Waals surface area contributed by atoms with Crippen molar-refractivity contribution >= 4 is 20.1 Å². The summed E-state index contributed by atoms with van der Waals surface area (Å²) in [7, 11) is -1.86. The molecule has 6 nitrogen and oxygen atoms in total. The first-order valence-electron chi connectivity index (χ1n) is 12.5. The normalized spacial score (nSPS) is 42.1. The molecule has 4 rings (SSSR count). The second kappa shape index (κ2) is 8.33. The zero-order valence-corrected chi connectivity index (χ0v) is 21.5. The fraction of sp³-hybridized carbons (Fsp3) is 0.840. The molecule has 2 saturated carbocycles. The third-order valence-electron chi connectivity index (χ3n) is 8.63. The van der Waals surface area contributed by atoms with E-state index in [9.17, 15) is 14.7 Å². The van der Waals surface area contributed by atoms with E-state index in [1.807, 2.05) is 6.92 Å². The Labute approximate surface area is 193 Å². The van der Waals surface area contributed by atoms with E-state index in [-0.39, 0.29) is 42.7 Å². The van der Waals surface area contributed by atoms with Gasteiger partial charge in [-0.2, -0.15) is 0 Å². The fourth-order valence-electron chi connectivity index (χ4n) is 7.43. The van der Waals surface area contributed by atoms with Crippen LogP contribution in [0.2, 0.25) is 19.6 Å². The Morgan fingerprint density at radius 3 is 2.66 bits per heavy atom. The molecule has 0 aromatic heterocycles. The van der Waals surface area contributed by atoms with Gasteiger partial charge in [0.25, 0.3) is 0 Å². The molecule has 3 aliphatic carbocycles. The molecule has 32 heavy (non-hydrogen) atoms. The fourth-order valence-corrected chi connectivity index (χ4v) is 8.47. The summed E-state index contributed by atoms with van der Waals surface area (Å²) in [6.07, 6.45) is 7.94. The van der Waals surface area contributed by atoms with Crippen molar-refractivity contribution in [3.05, 3.63) is 12.2 Å². The highest BCUT2D eigenvalue weighted by Gasteiger charge is 2.73. The van der Waals surface area contributed by atoms with E-state index < -0.39 is 24.7 Å². The third-order valence-corrected chi connectivity index (χ3v) is 9.61. The number of rotatable bonds is 5. The maximum atomic E-state index is 13.9. The lowest BCUT2D eigenvalue weighted by Crippen LogP contribution is -2.75. The number of aliphatic hydroxyl groups is 1. The Bertz CT molecular complexity index is 794. The maximum Gasteiger partial charge on any atom is 0.316 e. The number of esters is 1. The number of nitrogens with zero attached hydrogens (tertiary/aromatic N) is 1. The van der Waals surface area contributed by atoms with Crippen LogP contribution in [0.25, 0.3) is 0 Å². The summed E-state index contributed by atoms with van der Waals surface area (Å²) in [5, 5.41) is 12.5. The van der Waals surface area contributed by atoms with E-state index in [1.165, 1.54) is 0 Å². The Morgan fingerprint density at radius 2 is 2.00 bits per heavy atom. The van der Waals surface area contributed by atoms with Crippen molar-refractivity contribution in [2.75, 3.05) is 26.2 Å². The number of ether oxygens (including phenoxy) is 1. The summed E-state index contributed by atoms with van der Waals surface area (Å²) in [5.41, 5.74) is -2.88. The zero-order chi connectivity index (χ0) is 23.4. The summed E-state index contributed by atoms with van der Waals surface area (Å²) < 4.78 is 12.0. The summed E-state index contributed by atoms with van der Waals surface area (Å²) >= 11 is 0. The molecule has 0 amide bonds. The first-order valence-corrected chi connectivity index (χ1v) is 15.9. The monoisotopic (exact) mass is 463 g/mol. The molecule has 1 N–H and O–H groups in total. The van der Waals surface area contributed by atoms with Crippen molar-refractivity contribution < 1.29 is 23.9 Å². The van der Waals surface area contributed by atoms with Gasteiger partial charge in [0.15, 0.2) is 8.32 Å². The summed E-state index contributed by atoms with van der Waals surface area (Å²) in [5.74, 6) is -0.369. The van der Waals surface area contributed by atoms with Crippen LogP contribution in [-0.4, -0.2) is 68.0 Å². The topological polar surface area (TPSA) is 76.1 Å². The highest BCUT2D eigenvalue weighted by Crippen LogP contribution is 2.64. The van der Waals surface area contributed by atoms with Gasteiger partial charge in [-0.1, -0.05) is 25.5 Å². The molecule has 0 aromatic rings. The first kappa shape index (κ1) is 24.1. The lowest BCUT2D eigenvalue weighted by Gasteiger charge is -2.64. The van der Waals surface area contributed by atoms with E-state index in [1.54, 1.807) is 0 Å². The van der Waals surface area contributed by atoms with Crippen molar-refractivity contribution in [3.8, 4) is 0 Å². The highest BCUT2D eigenvalue weighted by molar-refractivity contribution is 6.69. The number of allylic oxidation sites excluding steroid dienone is 1.